The first-order chi connectivity index (χ1) is 14.8. The van der Waals surface area contributed by atoms with Crippen LogP contribution >= 0.6 is 0 Å². The van der Waals surface area contributed by atoms with Crippen LogP contribution < -0.4 is 21.5 Å². The lowest BCUT2D eigenvalue weighted by Gasteiger charge is -2.39. The summed E-state index contributed by atoms with van der Waals surface area (Å²) in [5.74, 6) is 1.67. The maximum absolute atomic E-state index is 12.3. The molecule has 5 saturated heterocycles. The molecular formula is C21H36N6O3. The Labute approximate surface area is 178 Å². The highest BCUT2D eigenvalue weighted by Gasteiger charge is 2.46. The first-order valence-corrected chi connectivity index (χ1v) is 12.1. The molecule has 6 rings (SSSR count). The van der Waals surface area contributed by atoms with Crippen LogP contribution in [0.5, 0.6) is 0 Å². The smallest absolute Gasteiger partial charge is 0.225 e. The van der Waals surface area contributed by atoms with E-state index in [0.29, 0.717) is 41.8 Å². The second-order valence-electron chi connectivity index (χ2n) is 10.1. The lowest BCUT2D eigenvalue weighted by molar-refractivity contribution is -0.134. The van der Waals surface area contributed by atoms with Gasteiger partial charge in [0.2, 0.25) is 5.91 Å². The average molecular weight is 421 g/mol. The summed E-state index contributed by atoms with van der Waals surface area (Å²) in [5, 5.41) is 9.95. The first-order valence-electron chi connectivity index (χ1n) is 12.1. The van der Waals surface area contributed by atoms with E-state index >= 15 is 0 Å². The molecule has 0 aromatic heterocycles. The third-order valence-corrected chi connectivity index (χ3v) is 8.14. The molecule has 4 N–H and O–H groups in total. The quantitative estimate of drug-likeness (QED) is 0.478. The number of ether oxygens (including phenoxy) is 1. The van der Waals surface area contributed by atoms with Gasteiger partial charge in [-0.25, -0.2) is 5.01 Å². The molecule has 5 aliphatic heterocycles. The van der Waals surface area contributed by atoms with Crippen LogP contribution in [-0.2, 0) is 14.4 Å². The Morgan fingerprint density at radius 1 is 1.00 bits per heavy atom. The van der Waals surface area contributed by atoms with Gasteiger partial charge in [-0.15, -0.1) is 0 Å². The highest BCUT2D eigenvalue weighted by Crippen LogP contribution is 2.34. The van der Waals surface area contributed by atoms with Crippen LogP contribution in [0.1, 0.15) is 38.5 Å². The minimum absolute atomic E-state index is 0.0388. The number of hydrazine groups is 1. The summed E-state index contributed by atoms with van der Waals surface area (Å²) < 4.78 is 5.62. The molecule has 9 nitrogen and oxygen atoms in total. The van der Waals surface area contributed by atoms with Crippen LogP contribution in [0.3, 0.4) is 0 Å². The van der Waals surface area contributed by atoms with E-state index < -0.39 is 0 Å². The predicted octanol–water partition coefficient (Wildman–Crippen LogP) is -0.633. The van der Waals surface area contributed by atoms with Crippen molar-refractivity contribution >= 4 is 5.91 Å². The molecule has 5 heterocycles. The van der Waals surface area contributed by atoms with Crippen LogP contribution in [0.4, 0.5) is 0 Å². The third-order valence-electron chi connectivity index (χ3n) is 8.14. The second-order valence-corrected chi connectivity index (χ2v) is 10.1. The SMILES string of the molecule is O=C(C1CC1)N1CCC(C2NOC(C3CNC4CNN(C5CCOC5)C4C3)N2)CC1. The maximum Gasteiger partial charge on any atom is 0.225 e. The minimum atomic E-state index is 0.0388. The molecule has 6 fully saturated rings. The summed E-state index contributed by atoms with van der Waals surface area (Å²) >= 11 is 0. The number of rotatable bonds is 4. The van der Waals surface area contributed by atoms with Crippen molar-refractivity contribution in [2.24, 2.45) is 17.8 Å². The Balaban J connectivity index is 1.01. The Kier molecular flexibility index (Phi) is 5.47. The Morgan fingerprint density at radius 3 is 2.63 bits per heavy atom. The third kappa shape index (κ3) is 3.79. The van der Waals surface area contributed by atoms with Gasteiger partial charge in [0.15, 0.2) is 0 Å². The van der Waals surface area contributed by atoms with E-state index in [2.05, 4.69) is 31.4 Å². The van der Waals surface area contributed by atoms with E-state index in [-0.39, 0.29) is 12.4 Å². The molecule has 0 spiro atoms. The van der Waals surface area contributed by atoms with Crippen LogP contribution in [0.25, 0.3) is 0 Å². The lowest BCUT2D eigenvalue weighted by atomic mass is 9.88. The minimum Gasteiger partial charge on any atom is -0.380 e. The van der Waals surface area contributed by atoms with Gasteiger partial charge in [0.25, 0.3) is 0 Å². The molecular weight excluding hydrogens is 384 g/mol. The molecule has 168 valence electrons. The van der Waals surface area contributed by atoms with Gasteiger partial charge in [-0.1, -0.05) is 0 Å². The number of hydrogen-bond donors (Lipinski definition) is 4. The maximum atomic E-state index is 12.3. The number of nitrogens with zero attached hydrogens (tertiary/aromatic N) is 2. The average Bonchev–Trinajstić information content (AvgIpc) is 3.18. The van der Waals surface area contributed by atoms with E-state index in [9.17, 15) is 4.79 Å². The van der Waals surface area contributed by atoms with Crippen LogP contribution in [0, 0.1) is 17.8 Å². The van der Waals surface area contributed by atoms with E-state index in [1.807, 2.05) is 0 Å². The summed E-state index contributed by atoms with van der Waals surface area (Å²) in [5.41, 5.74) is 6.91. The normalized spacial score (nSPS) is 43.3. The summed E-state index contributed by atoms with van der Waals surface area (Å²) in [7, 11) is 0. The van der Waals surface area contributed by atoms with Gasteiger partial charge in [0.1, 0.15) is 6.23 Å². The molecule has 0 aromatic rings. The standard InChI is InChI=1S/C21H36N6O3/c28-21(14-1-2-14)26-6-3-13(4-7-26)19-24-20(30-25-19)15-9-18-17(22-10-15)11-23-27(18)16-5-8-29-12-16/h13-20,22-25H,1-12H2. The monoisotopic (exact) mass is 420 g/mol. The molecule has 1 saturated carbocycles. The van der Waals surface area contributed by atoms with Gasteiger partial charge in [0.05, 0.1) is 18.8 Å². The van der Waals surface area contributed by atoms with Gasteiger partial charge >= 0.3 is 0 Å². The largest absolute Gasteiger partial charge is 0.380 e. The Hall–Kier alpha value is -0.810. The molecule has 1 amide bonds. The molecule has 30 heavy (non-hydrogen) atoms. The molecule has 1 aliphatic carbocycles. The molecule has 0 bridgehead atoms. The van der Waals surface area contributed by atoms with Crippen molar-refractivity contribution < 1.29 is 14.4 Å². The fourth-order valence-electron chi connectivity index (χ4n) is 6.10. The van der Waals surface area contributed by atoms with Crippen molar-refractivity contribution in [1.29, 1.82) is 0 Å². The van der Waals surface area contributed by atoms with Crippen molar-refractivity contribution in [2.75, 3.05) is 39.4 Å². The van der Waals surface area contributed by atoms with Gasteiger partial charge in [-0.3, -0.25) is 20.4 Å². The Bertz CT molecular complexity index is 634. The molecule has 0 aromatic carbocycles. The summed E-state index contributed by atoms with van der Waals surface area (Å²) in [6, 6.07) is 1.50. The van der Waals surface area contributed by atoms with Gasteiger partial charge < -0.3 is 15.0 Å². The second kappa shape index (κ2) is 8.27. The molecule has 6 unspecified atom stereocenters. The van der Waals surface area contributed by atoms with Gasteiger partial charge in [0, 0.05) is 56.7 Å². The van der Waals surface area contributed by atoms with Gasteiger partial charge in [-0.2, -0.15) is 5.48 Å². The predicted molar refractivity (Wildman–Crippen MR) is 110 cm³/mol. The molecule has 6 aliphatic rings. The van der Waals surface area contributed by atoms with Crippen molar-refractivity contribution in [3.8, 4) is 0 Å². The van der Waals surface area contributed by atoms with E-state index in [0.717, 1.165) is 77.9 Å². The number of carbonyl (C=O) groups excluding carboxylic acids is 1. The van der Waals surface area contributed by atoms with Crippen molar-refractivity contribution in [1.82, 2.24) is 31.4 Å². The highest BCUT2D eigenvalue weighted by atomic mass is 16.7. The lowest BCUT2D eigenvalue weighted by Crippen LogP contribution is -2.57. The van der Waals surface area contributed by atoms with E-state index in [4.69, 9.17) is 9.57 Å². The van der Waals surface area contributed by atoms with Crippen molar-refractivity contribution in [3.05, 3.63) is 0 Å². The summed E-state index contributed by atoms with van der Waals surface area (Å²) in [6.45, 7) is 5.49. The number of fused-ring (bicyclic) bond motifs is 1. The van der Waals surface area contributed by atoms with Crippen molar-refractivity contribution in [3.63, 3.8) is 0 Å². The zero-order chi connectivity index (χ0) is 20.1. The number of nitrogens with one attached hydrogen (secondary N) is 4. The zero-order valence-electron chi connectivity index (χ0n) is 17.7. The van der Waals surface area contributed by atoms with Crippen molar-refractivity contribution in [2.45, 2.75) is 69.0 Å². The first kappa shape index (κ1) is 19.8. The fourth-order valence-corrected chi connectivity index (χ4v) is 6.10. The van der Waals surface area contributed by atoms with Crippen LogP contribution in [0.2, 0.25) is 0 Å². The van der Waals surface area contributed by atoms with Gasteiger partial charge in [-0.05, 0) is 44.4 Å². The number of carbonyl (C=O) groups is 1. The van der Waals surface area contributed by atoms with E-state index in [1.54, 1.807) is 0 Å². The highest BCUT2D eigenvalue weighted by molar-refractivity contribution is 5.81. The number of hydroxylamine groups is 1. The number of hydrogen-bond acceptors (Lipinski definition) is 8. The number of likely N-dealkylation sites (tertiary alicyclic amines) is 1. The molecule has 0 radical (unpaired) electrons. The van der Waals surface area contributed by atoms with E-state index in [1.165, 1.54) is 0 Å². The Morgan fingerprint density at radius 2 is 1.87 bits per heavy atom. The number of piperidine rings is 2. The summed E-state index contributed by atoms with van der Waals surface area (Å²) in [6.07, 6.45) is 6.75. The zero-order valence-corrected chi connectivity index (χ0v) is 17.7. The fraction of sp³-hybridized carbons (Fsp3) is 0.952. The van der Waals surface area contributed by atoms with Crippen LogP contribution in [-0.4, -0.2) is 85.7 Å². The number of amides is 1. The topological polar surface area (TPSA) is 90.1 Å². The summed E-state index contributed by atoms with van der Waals surface area (Å²) in [4.78, 5) is 20.4. The molecule has 9 heteroatoms. The molecule has 6 atom stereocenters. The van der Waals surface area contributed by atoms with Crippen LogP contribution in [0.15, 0.2) is 0 Å².